The Morgan fingerprint density at radius 1 is 1.30 bits per heavy atom. The van der Waals surface area contributed by atoms with Crippen molar-refractivity contribution in [1.29, 1.82) is 0 Å². The van der Waals surface area contributed by atoms with E-state index in [1.54, 1.807) is 6.20 Å². The molecule has 23 heavy (non-hydrogen) atoms. The maximum absolute atomic E-state index is 12.3. The lowest BCUT2D eigenvalue weighted by Gasteiger charge is -2.22. The lowest BCUT2D eigenvalue weighted by atomic mass is 10.2. The summed E-state index contributed by atoms with van der Waals surface area (Å²) in [4.78, 5) is 18.5. The van der Waals surface area contributed by atoms with Gasteiger partial charge in [-0.25, -0.2) is 9.78 Å². The van der Waals surface area contributed by atoms with E-state index in [4.69, 9.17) is 4.42 Å². The predicted molar refractivity (Wildman–Crippen MR) is 92.4 cm³/mol. The van der Waals surface area contributed by atoms with Gasteiger partial charge in [0.15, 0.2) is 5.76 Å². The van der Waals surface area contributed by atoms with Gasteiger partial charge in [-0.1, -0.05) is 30.3 Å². The van der Waals surface area contributed by atoms with Crippen LogP contribution in [0.3, 0.4) is 0 Å². The number of urea groups is 1. The van der Waals surface area contributed by atoms with Crippen molar-refractivity contribution < 1.29 is 9.21 Å². The Morgan fingerprint density at radius 2 is 2.13 bits per heavy atom. The first-order chi connectivity index (χ1) is 11.2. The number of hydrogen-bond donors (Lipinski definition) is 1. The Balaban J connectivity index is 1.63. The smallest absolute Gasteiger partial charge is 0.318 e. The minimum Gasteiger partial charge on any atom is -0.438 e. The van der Waals surface area contributed by atoms with Crippen LogP contribution in [0, 0.1) is 0 Å². The molecule has 5 nitrogen and oxygen atoms in total. The SMILES string of the molecule is CC(NC(=O)N1CCCSCC1)c1ncc(-c2ccccc2)o1. The molecule has 3 rings (SSSR count). The van der Waals surface area contributed by atoms with Crippen molar-refractivity contribution in [2.45, 2.75) is 19.4 Å². The van der Waals surface area contributed by atoms with Crippen LogP contribution in [-0.2, 0) is 0 Å². The van der Waals surface area contributed by atoms with Gasteiger partial charge in [-0.2, -0.15) is 11.8 Å². The molecule has 1 unspecified atom stereocenters. The summed E-state index contributed by atoms with van der Waals surface area (Å²) < 4.78 is 5.80. The number of nitrogens with zero attached hydrogens (tertiary/aromatic N) is 2. The third-order valence-corrected chi connectivity index (χ3v) is 4.85. The maximum Gasteiger partial charge on any atom is 0.318 e. The molecule has 1 aromatic heterocycles. The van der Waals surface area contributed by atoms with Crippen LogP contribution in [0.1, 0.15) is 25.3 Å². The zero-order valence-electron chi connectivity index (χ0n) is 13.2. The van der Waals surface area contributed by atoms with Crippen molar-refractivity contribution in [3.63, 3.8) is 0 Å². The van der Waals surface area contributed by atoms with Gasteiger partial charge in [-0.3, -0.25) is 0 Å². The van der Waals surface area contributed by atoms with Crippen molar-refractivity contribution in [3.05, 3.63) is 42.4 Å². The van der Waals surface area contributed by atoms with E-state index in [2.05, 4.69) is 10.3 Å². The van der Waals surface area contributed by atoms with Crippen molar-refractivity contribution >= 4 is 17.8 Å². The van der Waals surface area contributed by atoms with Gasteiger partial charge in [0.05, 0.1) is 6.20 Å². The molecule has 1 atom stereocenters. The number of amides is 2. The first-order valence-corrected chi connectivity index (χ1v) is 9.04. The van der Waals surface area contributed by atoms with E-state index in [0.29, 0.717) is 11.7 Å². The second kappa shape index (κ2) is 7.55. The van der Waals surface area contributed by atoms with Crippen LogP contribution in [0.4, 0.5) is 4.79 Å². The highest BCUT2D eigenvalue weighted by molar-refractivity contribution is 7.99. The summed E-state index contributed by atoms with van der Waals surface area (Å²) in [6, 6.07) is 9.53. The van der Waals surface area contributed by atoms with E-state index in [1.807, 2.05) is 53.9 Å². The van der Waals surface area contributed by atoms with Crippen LogP contribution in [0.5, 0.6) is 0 Å². The summed E-state index contributed by atoms with van der Waals surface area (Å²) in [6.07, 6.45) is 2.75. The molecule has 0 saturated carbocycles. The molecule has 1 aliphatic rings. The molecule has 1 aliphatic heterocycles. The fraction of sp³-hybridized carbons (Fsp3) is 0.412. The molecule has 2 amide bonds. The third-order valence-electron chi connectivity index (χ3n) is 3.80. The highest BCUT2D eigenvalue weighted by Gasteiger charge is 2.20. The number of carbonyl (C=O) groups is 1. The van der Waals surface area contributed by atoms with E-state index >= 15 is 0 Å². The number of carbonyl (C=O) groups excluding carboxylic acids is 1. The highest BCUT2D eigenvalue weighted by atomic mass is 32.2. The minimum atomic E-state index is -0.254. The van der Waals surface area contributed by atoms with Gasteiger partial charge in [-0.05, 0) is 19.1 Å². The average molecular weight is 331 g/mol. The second-order valence-corrected chi connectivity index (χ2v) is 6.78. The van der Waals surface area contributed by atoms with Crippen molar-refractivity contribution in [1.82, 2.24) is 15.2 Å². The number of aromatic nitrogens is 1. The van der Waals surface area contributed by atoms with Gasteiger partial charge in [-0.15, -0.1) is 0 Å². The lowest BCUT2D eigenvalue weighted by molar-refractivity contribution is 0.196. The fourth-order valence-corrected chi connectivity index (χ4v) is 3.40. The van der Waals surface area contributed by atoms with Gasteiger partial charge >= 0.3 is 6.03 Å². The van der Waals surface area contributed by atoms with E-state index < -0.39 is 0 Å². The van der Waals surface area contributed by atoms with Crippen LogP contribution in [0.2, 0.25) is 0 Å². The third kappa shape index (κ3) is 4.07. The van der Waals surface area contributed by atoms with Crippen LogP contribution >= 0.6 is 11.8 Å². The minimum absolute atomic E-state index is 0.0422. The second-order valence-electron chi connectivity index (χ2n) is 5.55. The summed E-state index contributed by atoms with van der Waals surface area (Å²) >= 11 is 1.90. The molecular weight excluding hydrogens is 310 g/mol. The Labute approximate surface area is 140 Å². The fourth-order valence-electron chi connectivity index (χ4n) is 2.51. The summed E-state index contributed by atoms with van der Waals surface area (Å²) in [5.74, 6) is 3.37. The van der Waals surface area contributed by atoms with Gasteiger partial charge in [0, 0.05) is 24.4 Å². The molecule has 2 heterocycles. The largest absolute Gasteiger partial charge is 0.438 e. The van der Waals surface area contributed by atoms with E-state index in [1.165, 1.54) is 0 Å². The average Bonchev–Trinajstić information content (AvgIpc) is 2.91. The zero-order valence-corrected chi connectivity index (χ0v) is 14.0. The van der Waals surface area contributed by atoms with E-state index in [9.17, 15) is 4.79 Å². The number of oxazole rings is 1. The molecule has 1 fully saturated rings. The van der Waals surface area contributed by atoms with Gasteiger partial charge < -0.3 is 14.6 Å². The quantitative estimate of drug-likeness (QED) is 0.934. The van der Waals surface area contributed by atoms with Crippen LogP contribution < -0.4 is 5.32 Å². The van der Waals surface area contributed by atoms with E-state index in [0.717, 1.165) is 36.6 Å². The topological polar surface area (TPSA) is 58.4 Å². The molecule has 0 radical (unpaired) electrons. The molecule has 0 bridgehead atoms. The number of rotatable bonds is 3. The summed E-state index contributed by atoms with van der Waals surface area (Å²) in [6.45, 7) is 3.50. The Hall–Kier alpha value is -1.95. The number of hydrogen-bond acceptors (Lipinski definition) is 4. The molecule has 6 heteroatoms. The molecule has 0 aliphatic carbocycles. The highest BCUT2D eigenvalue weighted by Crippen LogP contribution is 2.22. The number of thioether (sulfide) groups is 1. The van der Waals surface area contributed by atoms with Crippen LogP contribution in [0.25, 0.3) is 11.3 Å². The Morgan fingerprint density at radius 3 is 2.96 bits per heavy atom. The van der Waals surface area contributed by atoms with Gasteiger partial charge in [0.2, 0.25) is 5.89 Å². The Bertz CT molecular complexity index is 636. The van der Waals surface area contributed by atoms with Crippen molar-refractivity contribution in [2.24, 2.45) is 0 Å². The van der Waals surface area contributed by atoms with Gasteiger partial charge in [0.25, 0.3) is 0 Å². The monoisotopic (exact) mass is 331 g/mol. The van der Waals surface area contributed by atoms with Gasteiger partial charge in [0.1, 0.15) is 6.04 Å². The standard InChI is InChI=1S/C17H21N3O2S/c1-13(19-17(21)20-8-5-10-23-11-9-20)16-18-12-15(22-16)14-6-3-2-4-7-14/h2-4,6-7,12-13H,5,8-11H2,1H3,(H,19,21). The van der Waals surface area contributed by atoms with Crippen LogP contribution in [0.15, 0.2) is 40.9 Å². The molecular formula is C17H21N3O2S. The zero-order chi connectivity index (χ0) is 16.1. The van der Waals surface area contributed by atoms with Crippen LogP contribution in [-0.4, -0.2) is 40.5 Å². The summed E-state index contributed by atoms with van der Waals surface area (Å²) in [5.41, 5.74) is 0.981. The summed E-state index contributed by atoms with van der Waals surface area (Å²) in [7, 11) is 0. The number of nitrogens with one attached hydrogen (secondary N) is 1. The first kappa shape index (κ1) is 15.9. The first-order valence-electron chi connectivity index (χ1n) is 7.88. The number of benzene rings is 1. The molecule has 1 aromatic carbocycles. The molecule has 122 valence electrons. The molecule has 1 N–H and O–H groups in total. The maximum atomic E-state index is 12.3. The van der Waals surface area contributed by atoms with Crippen molar-refractivity contribution in [3.8, 4) is 11.3 Å². The van der Waals surface area contributed by atoms with E-state index in [-0.39, 0.29) is 12.1 Å². The normalized spacial score (nSPS) is 16.7. The Kier molecular flexibility index (Phi) is 5.23. The molecule has 0 spiro atoms. The lowest BCUT2D eigenvalue weighted by Crippen LogP contribution is -2.42. The summed E-state index contributed by atoms with van der Waals surface area (Å²) in [5, 5.41) is 2.98. The molecule has 1 saturated heterocycles. The molecule has 2 aromatic rings. The predicted octanol–water partition coefficient (Wildman–Crippen LogP) is 3.55. The van der Waals surface area contributed by atoms with Crippen molar-refractivity contribution in [2.75, 3.05) is 24.6 Å².